The van der Waals surface area contributed by atoms with Crippen LogP contribution in [-0.2, 0) is 16.0 Å². The number of aryl methyl sites for hydroxylation is 1. The van der Waals surface area contributed by atoms with Gasteiger partial charge in [0.25, 0.3) is 0 Å². The molecule has 19 heavy (non-hydrogen) atoms. The van der Waals surface area contributed by atoms with E-state index in [1.165, 1.54) is 0 Å². The number of amides is 1. The molecule has 0 saturated heterocycles. The van der Waals surface area contributed by atoms with Gasteiger partial charge in [-0.3, -0.25) is 9.59 Å². The number of aliphatic carboxylic acids is 1. The summed E-state index contributed by atoms with van der Waals surface area (Å²) in [5.74, 6) is -0.157. The number of carbonyl (C=O) groups is 2. The topological polar surface area (TPSA) is 75.6 Å². The lowest BCUT2D eigenvalue weighted by Gasteiger charge is -2.19. The zero-order chi connectivity index (χ0) is 13.8. The van der Waals surface area contributed by atoms with Crippen LogP contribution < -0.4 is 10.1 Å². The van der Waals surface area contributed by atoms with E-state index in [1.54, 1.807) is 6.07 Å². The molecule has 2 rings (SSSR count). The van der Waals surface area contributed by atoms with E-state index < -0.39 is 5.97 Å². The first-order valence-electron chi connectivity index (χ1n) is 6.36. The number of carbonyl (C=O) groups excluding carboxylic acids is 1. The second kappa shape index (κ2) is 5.73. The average molecular weight is 263 g/mol. The predicted molar refractivity (Wildman–Crippen MR) is 70.4 cm³/mol. The lowest BCUT2D eigenvalue weighted by Crippen LogP contribution is -2.19. The number of fused-ring (bicyclic) bond motifs is 1. The molecule has 0 radical (unpaired) electrons. The Morgan fingerprint density at radius 2 is 2.26 bits per heavy atom. The standard InChI is InChI=1S/C14H17NO4/c1-9(2-7-14(17)18)19-11-5-3-10-4-6-13(16)15-12(10)8-11/h3,5,8-9H,2,4,6-7H2,1H3,(H,15,16)(H,17,18). The van der Waals surface area contributed by atoms with E-state index in [1.807, 2.05) is 19.1 Å². The molecule has 1 atom stereocenters. The molecular weight excluding hydrogens is 246 g/mol. The van der Waals surface area contributed by atoms with Gasteiger partial charge in [0.05, 0.1) is 6.10 Å². The Morgan fingerprint density at radius 3 is 3.00 bits per heavy atom. The number of rotatable bonds is 5. The number of nitrogens with one attached hydrogen (secondary N) is 1. The summed E-state index contributed by atoms with van der Waals surface area (Å²) in [5, 5.41) is 11.4. The highest BCUT2D eigenvalue weighted by Crippen LogP contribution is 2.27. The smallest absolute Gasteiger partial charge is 0.303 e. The maximum absolute atomic E-state index is 11.3. The second-order valence-corrected chi connectivity index (χ2v) is 4.73. The number of carboxylic acid groups (broad SMARTS) is 1. The molecule has 102 valence electrons. The summed E-state index contributed by atoms with van der Waals surface area (Å²) in [7, 11) is 0. The van der Waals surface area contributed by atoms with Gasteiger partial charge >= 0.3 is 5.97 Å². The number of hydrogen-bond donors (Lipinski definition) is 2. The molecular formula is C14H17NO4. The summed E-state index contributed by atoms with van der Waals surface area (Å²) in [6, 6.07) is 5.59. The van der Waals surface area contributed by atoms with Crippen LogP contribution in [0.4, 0.5) is 5.69 Å². The van der Waals surface area contributed by atoms with Gasteiger partial charge in [-0.05, 0) is 31.4 Å². The molecule has 1 aliphatic heterocycles. The van der Waals surface area contributed by atoms with Crippen molar-refractivity contribution in [2.75, 3.05) is 5.32 Å². The fraction of sp³-hybridized carbons (Fsp3) is 0.429. The van der Waals surface area contributed by atoms with Gasteiger partial charge in [0.15, 0.2) is 0 Å². The van der Waals surface area contributed by atoms with Gasteiger partial charge in [0.2, 0.25) is 5.91 Å². The minimum Gasteiger partial charge on any atom is -0.491 e. The van der Waals surface area contributed by atoms with E-state index in [-0.39, 0.29) is 18.4 Å². The molecule has 0 fully saturated rings. The molecule has 1 aromatic rings. The van der Waals surface area contributed by atoms with E-state index >= 15 is 0 Å². The van der Waals surface area contributed by atoms with Crippen LogP contribution in [0.25, 0.3) is 0 Å². The zero-order valence-electron chi connectivity index (χ0n) is 10.8. The Labute approximate surface area is 111 Å². The van der Waals surface area contributed by atoms with Gasteiger partial charge in [-0.2, -0.15) is 0 Å². The first-order chi connectivity index (χ1) is 9.04. The van der Waals surface area contributed by atoms with Crippen molar-refractivity contribution in [2.45, 2.75) is 38.7 Å². The van der Waals surface area contributed by atoms with Gasteiger partial charge in [-0.1, -0.05) is 6.07 Å². The highest BCUT2D eigenvalue weighted by molar-refractivity contribution is 5.94. The van der Waals surface area contributed by atoms with Gasteiger partial charge in [0.1, 0.15) is 5.75 Å². The third-order valence-corrected chi connectivity index (χ3v) is 3.08. The Hall–Kier alpha value is -2.04. The van der Waals surface area contributed by atoms with Crippen molar-refractivity contribution in [1.82, 2.24) is 0 Å². The van der Waals surface area contributed by atoms with Crippen LogP contribution in [-0.4, -0.2) is 23.1 Å². The minimum atomic E-state index is -0.826. The molecule has 0 bridgehead atoms. The van der Waals surface area contributed by atoms with Crippen LogP contribution >= 0.6 is 0 Å². The molecule has 2 N–H and O–H groups in total. The Kier molecular flexibility index (Phi) is 4.04. The molecule has 0 aliphatic carbocycles. The van der Waals surface area contributed by atoms with E-state index in [9.17, 15) is 9.59 Å². The van der Waals surface area contributed by atoms with E-state index in [0.717, 1.165) is 17.7 Å². The molecule has 1 amide bonds. The molecule has 1 aromatic carbocycles. The Balaban J connectivity index is 1.99. The van der Waals surface area contributed by atoms with Crippen LogP contribution in [0.2, 0.25) is 0 Å². The van der Waals surface area contributed by atoms with Crippen molar-refractivity contribution in [3.8, 4) is 5.75 Å². The molecule has 0 saturated carbocycles. The van der Waals surface area contributed by atoms with E-state index in [2.05, 4.69) is 5.32 Å². The van der Waals surface area contributed by atoms with Crippen molar-refractivity contribution in [1.29, 1.82) is 0 Å². The van der Waals surface area contributed by atoms with Gasteiger partial charge in [-0.15, -0.1) is 0 Å². The second-order valence-electron chi connectivity index (χ2n) is 4.73. The van der Waals surface area contributed by atoms with Crippen LogP contribution in [0.1, 0.15) is 31.7 Å². The summed E-state index contributed by atoms with van der Waals surface area (Å²) in [5.41, 5.74) is 1.89. The molecule has 0 aromatic heterocycles. The summed E-state index contributed by atoms with van der Waals surface area (Å²) in [6.07, 6.45) is 1.63. The Bertz CT molecular complexity index is 498. The number of benzene rings is 1. The van der Waals surface area contributed by atoms with Gasteiger partial charge < -0.3 is 15.2 Å². The van der Waals surface area contributed by atoms with Crippen molar-refractivity contribution in [3.63, 3.8) is 0 Å². The van der Waals surface area contributed by atoms with Crippen LogP contribution in [0.5, 0.6) is 5.75 Å². The number of hydrogen-bond acceptors (Lipinski definition) is 3. The highest BCUT2D eigenvalue weighted by atomic mass is 16.5. The van der Waals surface area contributed by atoms with Crippen LogP contribution in [0.15, 0.2) is 18.2 Å². The molecule has 1 aliphatic rings. The number of anilines is 1. The minimum absolute atomic E-state index is 0.0172. The first-order valence-corrected chi connectivity index (χ1v) is 6.36. The third-order valence-electron chi connectivity index (χ3n) is 3.08. The van der Waals surface area contributed by atoms with Crippen molar-refractivity contribution >= 4 is 17.6 Å². The molecule has 5 nitrogen and oxygen atoms in total. The fourth-order valence-electron chi connectivity index (χ4n) is 2.04. The Morgan fingerprint density at radius 1 is 1.47 bits per heavy atom. The molecule has 0 spiro atoms. The molecule has 5 heteroatoms. The van der Waals surface area contributed by atoms with Crippen LogP contribution in [0.3, 0.4) is 0 Å². The lowest BCUT2D eigenvalue weighted by molar-refractivity contribution is -0.137. The average Bonchev–Trinajstić information content (AvgIpc) is 2.36. The monoisotopic (exact) mass is 263 g/mol. The molecule has 1 heterocycles. The summed E-state index contributed by atoms with van der Waals surface area (Å²) < 4.78 is 5.65. The van der Waals surface area contributed by atoms with E-state index in [4.69, 9.17) is 9.84 Å². The summed E-state index contributed by atoms with van der Waals surface area (Å²) in [6.45, 7) is 1.83. The number of carboxylic acids is 1. The normalized spacial score (nSPS) is 15.3. The molecule has 1 unspecified atom stereocenters. The highest BCUT2D eigenvalue weighted by Gasteiger charge is 2.15. The van der Waals surface area contributed by atoms with Crippen LogP contribution in [0, 0.1) is 0 Å². The predicted octanol–water partition coefficient (Wildman–Crippen LogP) is 2.20. The first kappa shape index (κ1) is 13.4. The maximum atomic E-state index is 11.3. The van der Waals surface area contributed by atoms with Gasteiger partial charge in [-0.25, -0.2) is 0 Å². The lowest BCUT2D eigenvalue weighted by atomic mass is 10.0. The van der Waals surface area contributed by atoms with E-state index in [0.29, 0.717) is 18.6 Å². The van der Waals surface area contributed by atoms with Gasteiger partial charge in [0, 0.05) is 24.6 Å². The summed E-state index contributed by atoms with van der Waals surface area (Å²) in [4.78, 5) is 21.8. The van der Waals surface area contributed by atoms with Crippen molar-refractivity contribution < 1.29 is 19.4 Å². The van der Waals surface area contributed by atoms with Crippen molar-refractivity contribution in [2.24, 2.45) is 0 Å². The number of ether oxygens (including phenoxy) is 1. The quantitative estimate of drug-likeness (QED) is 0.854. The third kappa shape index (κ3) is 3.71. The van der Waals surface area contributed by atoms with Crippen molar-refractivity contribution in [3.05, 3.63) is 23.8 Å². The largest absolute Gasteiger partial charge is 0.491 e. The summed E-state index contributed by atoms with van der Waals surface area (Å²) >= 11 is 0. The SMILES string of the molecule is CC(CCC(=O)O)Oc1ccc2c(c1)NC(=O)CC2. The zero-order valence-corrected chi connectivity index (χ0v) is 10.8. The fourth-order valence-corrected chi connectivity index (χ4v) is 2.04. The maximum Gasteiger partial charge on any atom is 0.303 e.